The second-order valence-electron chi connectivity index (χ2n) is 7.47. The fourth-order valence-corrected chi connectivity index (χ4v) is 4.20. The number of carbonyl (C=O) groups is 1. The molecule has 4 rings (SSSR count). The molecule has 0 spiro atoms. The van der Waals surface area contributed by atoms with Crippen LogP contribution in [0.25, 0.3) is 16.5 Å². The van der Waals surface area contributed by atoms with Gasteiger partial charge in [-0.1, -0.05) is 73.1 Å². The van der Waals surface area contributed by atoms with E-state index in [0.717, 1.165) is 12.0 Å². The second kappa shape index (κ2) is 8.78. The molecular weight excluding hydrogens is 408 g/mol. The third kappa shape index (κ3) is 3.99. The van der Waals surface area contributed by atoms with Crippen LogP contribution in [0.1, 0.15) is 41.0 Å². The summed E-state index contributed by atoms with van der Waals surface area (Å²) in [6.07, 6.45) is 0.751. The number of halogens is 1. The largest absolute Gasteiger partial charge is 0.345 e. The number of hydrogen-bond donors (Lipinski definition) is 1. The fourth-order valence-electron chi connectivity index (χ4n) is 4.02. The first-order valence-electron chi connectivity index (χ1n) is 10.3. The number of pyridine rings is 1. The lowest BCUT2D eigenvalue weighted by Crippen LogP contribution is -2.32. The molecule has 4 aromatic rings. The molecule has 5 heteroatoms. The van der Waals surface area contributed by atoms with Crippen LogP contribution in [0.5, 0.6) is 0 Å². The molecule has 0 radical (unpaired) electrons. The van der Waals surface area contributed by atoms with E-state index < -0.39 is 0 Å². The molecule has 3 aromatic carbocycles. The Morgan fingerprint density at radius 3 is 2.32 bits per heavy atom. The molecule has 1 aromatic heterocycles. The first-order chi connectivity index (χ1) is 15.0. The van der Waals surface area contributed by atoms with Crippen LogP contribution in [0, 0.1) is 6.92 Å². The van der Waals surface area contributed by atoms with Gasteiger partial charge in [0.1, 0.15) is 0 Å². The van der Waals surface area contributed by atoms with E-state index in [2.05, 4.69) is 5.32 Å². The summed E-state index contributed by atoms with van der Waals surface area (Å²) in [4.78, 5) is 26.9. The summed E-state index contributed by atoms with van der Waals surface area (Å²) in [5.74, 6) is -0.208. The zero-order chi connectivity index (χ0) is 22.0. The van der Waals surface area contributed by atoms with E-state index in [0.29, 0.717) is 32.7 Å². The molecule has 0 saturated carbocycles. The van der Waals surface area contributed by atoms with Crippen molar-refractivity contribution >= 4 is 28.3 Å². The highest BCUT2D eigenvalue weighted by molar-refractivity contribution is 6.30. The highest BCUT2D eigenvalue weighted by atomic mass is 35.5. The van der Waals surface area contributed by atoms with Gasteiger partial charge in [0, 0.05) is 21.5 Å². The Hall–Kier alpha value is -3.37. The van der Waals surface area contributed by atoms with Gasteiger partial charge in [0.2, 0.25) is 0 Å². The van der Waals surface area contributed by atoms with E-state index >= 15 is 0 Å². The van der Waals surface area contributed by atoms with Gasteiger partial charge in [0.25, 0.3) is 11.5 Å². The van der Waals surface area contributed by atoms with Gasteiger partial charge in [0.15, 0.2) is 0 Å². The summed E-state index contributed by atoms with van der Waals surface area (Å²) >= 11 is 6.18. The van der Waals surface area contributed by atoms with Crippen LogP contribution in [0.2, 0.25) is 5.02 Å². The fraction of sp³-hybridized carbons (Fsp3) is 0.154. The Labute approximate surface area is 186 Å². The van der Waals surface area contributed by atoms with E-state index in [1.54, 1.807) is 35.8 Å². The number of carbonyl (C=O) groups excluding carboxylic acids is 1. The summed E-state index contributed by atoms with van der Waals surface area (Å²) in [7, 11) is 0. The molecule has 1 atom stereocenters. The lowest BCUT2D eigenvalue weighted by atomic mass is 10.0. The predicted molar refractivity (Wildman–Crippen MR) is 126 cm³/mol. The Bertz CT molecular complexity index is 1310. The van der Waals surface area contributed by atoms with Crippen LogP contribution < -0.4 is 10.9 Å². The van der Waals surface area contributed by atoms with Crippen molar-refractivity contribution in [3.05, 3.63) is 111 Å². The SMILES string of the molecule is CC[C@H](NC(=O)c1c(C)n(-c2cccc(Cl)c2)c(=O)c2ccccc12)c1ccccc1. The van der Waals surface area contributed by atoms with E-state index in [-0.39, 0.29) is 17.5 Å². The molecule has 1 heterocycles. The molecule has 4 nitrogen and oxygen atoms in total. The van der Waals surface area contributed by atoms with E-state index in [9.17, 15) is 9.59 Å². The predicted octanol–water partition coefficient (Wildman–Crippen LogP) is 5.83. The van der Waals surface area contributed by atoms with Crippen molar-refractivity contribution in [2.75, 3.05) is 0 Å². The minimum absolute atomic E-state index is 0.126. The van der Waals surface area contributed by atoms with Crippen molar-refractivity contribution in [1.82, 2.24) is 9.88 Å². The first kappa shape index (κ1) is 20.9. The number of fused-ring (bicyclic) bond motifs is 1. The molecule has 1 amide bonds. The zero-order valence-corrected chi connectivity index (χ0v) is 18.2. The Balaban J connectivity index is 1.89. The third-order valence-corrected chi connectivity index (χ3v) is 5.77. The monoisotopic (exact) mass is 430 g/mol. The maximum absolute atomic E-state index is 13.5. The molecule has 0 bridgehead atoms. The Morgan fingerprint density at radius 2 is 1.65 bits per heavy atom. The normalized spacial score (nSPS) is 12.0. The van der Waals surface area contributed by atoms with Crippen molar-refractivity contribution in [2.24, 2.45) is 0 Å². The maximum Gasteiger partial charge on any atom is 0.263 e. The lowest BCUT2D eigenvalue weighted by Gasteiger charge is -2.21. The van der Waals surface area contributed by atoms with Crippen LogP contribution in [0.3, 0.4) is 0 Å². The van der Waals surface area contributed by atoms with Gasteiger partial charge in [-0.25, -0.2) is 0 Å². The Morgan fingerprint density at radius 1 is 0.968 bits per heavy atom. The molecule has 0 aliphatic rings. The summed E-state index contributed by atoms with van der Waals surface area (Å²) in [6, 6.07) is 24.1. The van der Waals surface area contributed by atoms with Crippen LogP contribution in [0.15, 0.2) is 83.7 Å². The van der Waals surface area contributed by atoms with E-state index in [1.807, 2.05) is 61.5 Å². The number of aromatic nitrogens is 1. The topological polar surface area (TPSA) is 51.1 Å². The molecule has 0 fully saturated rings. The molecule has 0 saturated heterocycles. The van der Waals surface area contributed by atoms with Crippen molar-refractivity contribution in [3.63, 3.8) is 0 Å². The molecule has 0 unspecified atom stereocenters. The minimum atomic E-state index is -0.208. The van der Waals surface area contributed by atoms with Gasteiger partial charge in [-0.3, -0.25) is 14.2 Å². The lowest BCUT2D eigenvalue weighted by molar-refractivity contribution is 0.0936. The van der Waals surface area contributed by atoms with Gasteiger partial charge in [-0.15, -0.1) is 0 Å². The number of amides is 1. The van der Waals surface area contributed by atoms with Crippen LogP contribution in [0.4, 0.5) is 0 Å². The highest BCUT2D eigenvalue weighted by Crippen LogP contribution is 2.25. The summed E-state index contributed by atoms with van der Waals surface area (Å²) in [5.41, 5.74) is 2.56. The maximum atomic E-state index is 13.5. The van der Waals surface area contributed by atoms with Gasteiger partial charge in [0.05, 0.1) is 17.3 Å². The standard InChI is InChI=1S/C26H23ClN2O2/c1-3-23(18-10-5-4-6-11-18)28-25(30)24-17(2)29(20-13-9-12-19(27)16-20)26(31)22-15-8-7-14-21(22)24/h4-16,23H,3H2,1-2H3,(H,28,30)/t23-/m0/s1. The van der Waals surface area contributed by atoms with E-state index in [4.69, 9.17) is 11.6 Å². The Kier molecular flexibility index (Phi) is 5.92. The first-order valence-corrected chi connectivity index (χ1v) is 10.6. The van der Waals surface area contributed by atoms with Crippen LogP contribution >= 0.6 is 11.6 Å². The van der Waals surface area contributed by atoms with Gasteiger partial charge >= 0.3 is 0 Å². The molecular formula is C26H23ClN2O2. The summed E-state index contributed by atoms with van der Waals surface area (Å²) < 4.78 is 1.56. The molecule has 31 heavy (non-hydrogen) atoms. The van der Waals surface area contributed by atoms with Gasteiger partial charge in [-0.05, 0) is 43.2 Å². The second-order valence-corrected chi connectivity index (χ2v) is 7.91. The van der Waals surface area contributed by atoms with Crippen LogP contribution in [-0.2, 0) is 0 Å². The number of benzene rings is 3. The minimum Gasteiger partial charge on any atom is -0.345 e. The zero-order valence-electron chi connectivity index (χ0n) is 17.4. The van der Waals surface area contributed by atoms with Gasteiger partial charge < -0.3 is 5.32 Å². The smallest absolute Gasteiger partial charge is 0.263 e. The molecule has 156 valence electrons. The molecule has 1 N–H and O–H groups in total. The van der Waals surface area contributed by atoms with Crippen molar-refractivity contribution in [2.45, 2.75) is 26.3 Å². The highest BCUT2D eigenvalue weighted by Gasteiger charge is 2.22. The quantitative estimate of drug-likeness (QED) is 0.432. The number of rotatable bonds is 5. The number of nitrogens with zero attached hydrogens (tertiary/aromatic N) is 1. The van der Waals surface area contributed by atoms with Gasteiger partial charge in [-0.2, -0.15) is 0 Å². The van der Waals surface area contributed by atoms with Crippen molar-refractivity contribution < 1.29 is 4.79 Å². The van der Waals surface area contributed by atoms with Crippen molar-refractivity contribution in [1.29, 1.82) is 0 Å². The molecule has 0 aliphatic heterocycles. The van der Waals surface area contributed by atoms with Crippen LogP contribution in [-0.4, -0.2) is 10.5 Å². The average Bonchev–Trinajstić information content (AvgIpc) is 2.78. The van der Waals surface area contributed by atoms with E-state index in [1.165, 1.54) is 0 Å². The number of nitrogens with one attached hydrogen (secondary N) is 1. The summed E-state index contributed by atoms with van der Waals surface area (Å²) in [6.45, 7) is 3.84. The van der Waals surface area contributed by atoms with Crippen molar-refractivity contribution in [3.8, 4) is 5.69 Å². The number of hydrogen-bond acceptors (Lipinski definition) is 2. The summed E-state index contributed by atoms with van der Waals surface area (Å²) in [5, 5.41) is 4.82. The molecule has 0 aliphatic carbocycles. The third-order valence-electron chi connectivity index (χ3n) is 5.54. The average molecular weight is 431 g/mol.